The van der Waals surface area contributed by atoms with Gasteiger partial charge in [-0.3, -0.25) is 0 Å². The molecular formula is C16H24N2O2. The molecule has 0 bridgehead atoms. The average molecular weight is 276 g/mol. The lowest BCUT2D eigenvalue weighted by Gasteiger charge is -2.33. The van der Waals surface area contributed by atoms with Crippen molar-refractivity contribution in [1.82, 2.24) is 4.90 Å². The molecule has 2 aliphatic rings. The molecular weight excluding hydrogens is 252 g/mol. The van der Waals surface area contributed by atoms with Gasteiger partial charge < -0.3 is 20.1 Å². The number of rotatable bonds is 4. The molecule has 2 heterocycles. The van der Waals surface area contributed by atoms with Gasteiger partial charge in [-0.2, -0.15) is 0 Å². The van der Waals surface area contributed by atoms with Crippen LogP contribution in [0.2, 0.25) is 0 Å². The normalized spacial score (nSPS) is 23.8. The lowest BCUT2D eigenvalue weighted by Crippen LogP contribution is -2.39. The molecule has 1 aromatic carbocycles. The van der Waals surface area contributed by atoms with Gasteiger partial charge in [0.15, 0.2) is 11.5 Å². The third kappa shape index (κ3) is 2.91. The minimum atomic E-state index is 0.0418. The predicted octanol–water partition coefficient (Wildman–Crippen LogP) is 2.54. The largest absolute Gasteiger partial charge is 0.454 e. The first-order chi connectivity index (χ1) is 9.76. The van der Waals surface area contributed by atoms with E-state index in [9.17, 15) is 0 Å². The Labute approximate surface area is 120 Å². The van der Waals surface area contributed by atoms with Crippen molar-refractivity contribution in [3.05, 3.63) is 23.8 Å². The van der Waals surface area contributed by atoms with Gasteiger partial charge in [-0.25, -0.2) is 0 Å². The first kappa shape index (κ1) is 13.7. The smallest absolute Gasteiger partial charge is 0.231 e. The van der Waals surface area contributed by atoms with E-state index in [2.05, 4.69) is 17.9 Å². The SMILES string of the molecule is CCC1CCCN(CC(N)c2ccc3c(c2)OCO3)C1. The first-order valence-electron chi connectivity index (χ1n) is 7.63. The van der Waals surface area contributed by atoms with Gasteiger partial charge in [-0.1, -0.05) is 19.4 Å². The molecule has 0 aliphatic carbocycles. The van der Waals surface area contributed by atoms with E-state index in [1.54, 1.807) is 0 Å². The van der Waals surface area contributed by atoms with Gasteiger partial charge in [-0.05, 0) is 43.0 Å². The maximum absolute atomic E-state index is 6.37. The molecule has 2 aliphatic heterocycles. The second kappa shape index (κ2) is 6.02. The third-order valence-electron chi connectivity index (χ3n) is 4.46. The van der Waals surface area contributed by atoms with Crippen molar-refractivity contribution >= 4 is 0 Å². The Morgan fingerprint density at radius 2 is 2.20 bits per heavy atom. The Morgan fingerprint density at radius 1 is 1.35 bits per heavy atom. The molecule has 1 fully saturated rings. The molecule has 0 radical (unpaired) electrons. The zero-order chi connectivity index (χ0) is 13.9. The molecule has 2 atom stereocenters. The van der Waals surface area contributed by atoms with Crippen molar-refractivity contribution < 1.29 is 9.47 Å². The lowest BCUT2D eigenvalue weighted by molar-refractivity contribution is 0.163. The Balaban J connectivity index is 1.62. The Hall–Kier alpha value is -1.26. The van der Waals surface area contributed by atoms with Crippen molar-refractivity contribution in [3.63, 3.8) is 0 Å². The number of hydrogen-bond acceptors (Lipinski definition) is 4. The van der Waals surface area contributed by atoms with Crippen LogP contribution in [0.4, 0.5) is 0 Å². The highest BCUT2D eigenvalue weighted by Crippen LogP contribution is 2.34. The summed E-state index contributed by atoms with van der Waals surface area (Å²) >= 11 is 0. The quantitative estimate of drug-likeness (QED) is 0.918. The summed E-state index contributed by atoms with van der Waals surface area (Å²) in [6.45, 7) is 5.89. The van der Waals surface area contributed by atoms with Crippen molar-refractivity contribution in [2.24, 2.45) is 11.7 Å². The van der Waals surface area contributed by atoms with Crippen LogP contribution < -0.4 is 15.2 Å². The van der Waals surface area contributed by atoms with Gasteiger partial charge in [0.2, 0.25) is 6.79 Å². The van der Waals surface area contributed by atoms with Gasteiger partial charge in [0, 0.05) is 19.1 Å². The first-order valence-corrected chi connectivity index (χ1v) is 7.63. The molecule has 1 saturated heterocycles. The molecule has 3 rings (SSSR count). The van der Waals surface area contributed by atoms with E-state index in [0.717, 1.165) is 29.5 Å². The topological polar surface area (TPSA) is 47.7 Å². The molecule has 2 unspecified atom stereocenters. The van der Waals surface area contributed by atoms with Crippen LogP contribution in [-0.2, 0) is 0 Å². The van der Waals surface area contributed by atoms with E-state index >= 15 is 0 Å². The molecule has 0 aromatic heterocycles. The summed E-state index contributed by atoms with van der Waals surface area (Å²) < 4.78 is 10.8. The second-order valence-electron chi connectivity index (χ2n) is 5.90. The maximum atomic E-state index is 6.37. The Morgan fingerprint density at radius 3 is 3.05 bits per heavy atom. The van der Waals surface area contributed by atoms with Crippen LogP contribution in [0.1, 0.15) is 37.8 Å². The summed E-state index contributed by atoms with van der Waals surface area (Å²) in [5, 5.41) is 0. The minimum absolute atomic E-state index is 0.0418. The van der Waals surface area contributed by atoms with Gasteiger partial charge in [0.1, 0.15) is 0 Å². The molecule has 110 valence electrons. The van der Waals surface area contributed by atoms with E-state index in [1.165, 1.54) is 32.4 Å². The Bertz CT molecular complexity index is 464. The zero-order valence-corrected chi connectivity index (χ0v) is 12.2. The van der Waals surface area contributed by atoms with E-state index in [-0.39, 0.29) is 6.04 Å². The van der Waals surface area contributed by atoms with Crippen molar-refractivity contribution in [1.29, 1.82) is 0 Å². The molecule has 4 heteroatoms. The van der Waals surface area contributed by atoms with Crippen LogP contribution in [0.3, 0.4) is 0 Å². The van der Waals surface area contributed by atoms with Crippen LogP contribution in [0.5, 0.6) is 11.5 Å². The Kier molecular flexibility index (Phi) is 4.13. The summed E-state index contributed by atoms with van der Waals surface area (Å²) in [6.07, 6.45) is 3.94. The van der Waals surface area contributed by atoms with Crippen molar-refractivity contribution in [2.45, 2.75) is 32.2 Å². The number of benzene rings is 1. The van der Waals surface area contributed by atoms with Crippen LogP contribution in [-0.4, -0.2) is 31.3 Å². The maximum Gasteiger partial charge on any atom is 0.231 e. The van der Waals surface area contributed by atoms with E-state index < -0.39 is 0 Å². The number of likely N-dealkylation sites (tertiary alicyclic amines) is 1. The van der Waals surface area contributed by atoms with Crippen LogP contribution in [0, 0.1) is 5.92 Å². The monoisotopic (exact) mass is 276 g/mol. The van der Waals surface area contributed by atoms with E-state index in [1.807, 2.05) is 12.1 Å². The zero-order valence-electron chi connectivity index (χ0n) is 12.2. The number of piperidine rings is 1. The molecule has 1 aromatic rings. The number of nitrogens with zero attached hydrogens (tertiary/aromatic N) is 1. The number of hydrogen-bond donors (Lipinski definition) is 1. The summed E-state index contributed by atoms with van der Waals surface area (Å²) in [6, 6.07) is 6.08. The number of ether oxygens (including phenoxy) is 2. The second-order valence-corrected chi connectivity index (χ2v) is 5.90. The summed E-state index contributed by atoms with van der Waals surface area (Å²) in [5.41, 5.74) is 7.50. The highest BCUT2D eigenvalue weighted by molar-refractivity contribution is 5.45. The lowest BCUT2D eigenvalue weighted by atomic mass is 9.95. The summed E-state index contributed by atoms with van der Waals surface area (Å²) in [4.78, 5) is 2.51. The highest BCUT2D eigenvalue weighted by atomic mass is 16.7. The summed E-state index contributed by atoms with van der Waals surface area (Å²) in [5.74, 6) is 2.49. The van der Waals surface area contributed by atoms with Crippen LogP contribution >= 0.6 is 0 Å². The third-order valence-corrected chi connectivity index (χ3v) is 4.46. The standard InChI is InChI=1S/C16H24N2O2/c1-2-12-4-3-7-18(9-12)10-14(17)13-5-6-15-16(8-13)20-11-19-15/h5-6,8,12,14H,2-4,7,9-11,17H2,1H3. The van der Waals surface area contributed by atoms with Gasteiger partial charge in [-0.15, -0.1) is 0 Å². The van der Waals surface area contributed by atoms with Gasteiger partial charge in [0.05, 0.1) is 0 Å². The van der Waals surface area contributed by atoms with E-state index in [4.69, 9.17) is 15.2 Å². The molecule has 4 nitrogen and oxygen atoms in total. The summed E-state index contributed by atoms with van der Waals surface area (Å²) in [7, 11) is 0. The predicted molar refractivity (Wildman–Crippen MR) is 78.9 cm³/mol. The fourth-order valence-electron chi connectivity index (χ4n) is 3.18. The highest BCUT2D eigenvalue weighted by Gasteiger charge is 2.22. The van der Waals surface area contributed by atoms with Crippen LogP contribution in [0.15, 0.2) is 18.2 Å². The fraction of sp³-hybridized carbons (Fsp3) is 0.625. The fourth-order valence-corrected chi connectivity index (χ4v) is 3.18. The van der Waals surface area contributed by atoms with E-state index in [0.29, 0.717) is 6.79 Å². The molecule has 2 N–H and O–H groups in total. The molecule has 20 heavy (non-hydrogen) atoms. The van der Waals surface area contributed by atoms with Crippen molar-refractivity contribution in [3.8, 4) is 11.5 Å². The van der Waals surface area contributed by atoms with Crippen LogP contribution in [0.25, 0.3) is 0 Å². The van der Waals surface area contributed by atoms with Gasteiger partial charge in [0.25, 0.3) is 0 Å². The van der Waals surface area contributed by atoms with Gasteiger partial charge >= 0.3 is 0 Å². The molecule has 0 amide bonds. The average Bonchev–Trinajstić information content (AvgIpc) is 2.94. The number of fused-ring (bicyclic) bond motifs is 1. The molecule has 0 spiro atoms. The minimum Gasteiger partial charge on any atom is -0.454 e. The van der Waals surface area contributed by atoms with Crippen molar-refractivity contribution in [2.75, 3.05) is 26.4 Å². The molecule has 0 saturated carbocycles. The number of nitrogens with two attached hydrogens (primary N) is 1.